The summed E-state index contributed by atoms with van der Waals surface area (Å²) in [6.07, 6.45) is 2.28. The monoisotopic (exact) mass is 389 g/mol. The first-order valence-electron chi connectivity index (χ1n) is 10.2. The standard InChI is InChI=1S/C21H31N3O4/c1-2-22-21(26)23-10-12-28-19(15-23)16-24(14-18-9-6-11-27-18)20(25)13-17-7-4-3-5-8-17/h3-5,7-8,18-19H,2,6,9-16H2,1H3,(H,22,26). The van der Waals surface area contributed by atoms with Crippen LogP contribution in [0.2, 0.25) is 0 Å². The van der Waals surface area contributed by atoms with Gasteiger partial charge in [-0.1, -0.05) is 30.3 Å². The molecule has 2 aliphatic rings. The fraction of sp³-hybridized carbons (Fsp3) is 0.619. The summed E-state index contributed by atoms with van der Waals surface area (Å²) in [4.78, 5) is 28.8. The van der Waals surface area contributed by atoms with Crippen LogP contribution in [0.4, 0.5) is 4.79 Å². The van der Waals surface area contributed by atoms with Gasteiger partial charge in [0.1, 0.15) is 0 Å². The number of morpholine rings is 1. The summed E-state index contributed by atoms with van der Waals surface area (Å²) in [5.41, 5.74) is 0.998. The van der Waals surface area contributed by atoms with Crippen LogP contribution in [-0.4, -0.2) is 79.9 Å². The fourth-order valence-corrected chi connectivity index (χ4v) is 3.72. The van der Waals surface area contributed by atoms with Crippen LogP contribution >= 0.6 is 0 Å². The highest BCUT2D eigenvalue weighted by Gasteiger charge is 2.29. The lowest BCUT2D eigenvalue weighted by molar-refractivity contribution is -0.135. The van der Waals surface area contributed by atoms with Crippen molar-refractivity contribution in [1.29, 1.82) is 0 Å². The molecule has 2 fully saturated rings. The number of nitrogens with one attached hydrogen (secondary N) is 1. The van der Waals surface area contributed by atoms with Gasteiger partial charge < -0.3 is 24.6 Å². The van der Waals surface area contributed by atoms with Crippen LogP contribution in [0.1, 0.15) is 25.3 Å². The van der Waals surface area contributed by atoms with E-state index in [2.05, 4.69) is 5.32 Å². The smallest absolute Gasteiger partial charge is 0.317 e. The van der Waals surface area contributed by atoms with Crippen LogP contribution < -0.4 is 5.32 Å². The number of nitrogens with zero attached hydrogens (tertiary/aromatic N) is 2. The molecule has 28 heavy (non-hydrogen) atoms. The molecule has 0 aromatic heterocycles. The van der Waals surface area contributed by atoms with E-state index in [1.165, 1.54) is 0 Å². The first kappa shape index (κ1) is 20.6. The van der Waals surface area contributed by atoms with Crippen LogP contribution in [0.25, 0.3) is 0 Å². The molecule has 2 unspecified atom stereocenters. The molecule has 0 saturated carbocycles. The van der Waals surface area contributed by atoms with Crippen LogP contribution in [0.5, 0.6) is 0 Å². The lowest BCUT2D eigenvalue weighted by atomic mass is 10.1. The van der Waals surface area contributed by atoms with Crippen molar-refractivity contribution in [3.63, 3.8) is 0 Å². The van der Waals surface area contributed by atoms with E-state index in [4.69, 9.17) is 9.47 Å². The van der Waals surface area contributed by atoms with E-state index in [0.29, 0.717) is 45.8 Å². The molecule has 154 valence electrons. The lowest BCUT2D eigenvalue weighted by Crippen LogP contribution is -2.53. The molecular weight excluding hydrogens is 358 g/mol. The van der Waals surface area contributed by atoms with Gasteiger partial charge in [0.05, 0.1) is 31.8 Å². The number of carbonyl (C=O) groups excluding carboxylic acids is 2. The van der Waals surface area contributed by atoms with E-state index in [-0.39, 0.29) is 24.1 Å². The number of amides is 3. The number of benzene rings is 1. The molecule has 7 heteroatoms. The second kappa shape index (κ2) is 10.4. The zero-order valence-electron chi connectivity index (χ0n) is 16.6. The summed E-state index contributed by atoms with van der Waals surface area (Å²) in [5, 5.41) is 2.83. The average molecular weight is 389 g/mol. The molecule has 3 amide bonds. The number of hydrogen-bond donors (Lipinski definition) is 1. The van der Waals surface area contributed by atoms with E-state index in [0.717, 1.165) is 25.0 Å². The Balaban J connectivity index is 1.62. The fourth-order valence-electron chi connectivity index (χ4n) is 3.72. The largest absolute Gasteiger partial charge is 0.376 e. The summed E-state index contributed by atoms with van der Waals surface area (Å²) in [6.45, 7) is 5.87. The highest BCUT2D eigenvalue weighted by molar-refractivity contribution is 5.79. The van der Waals surface area contributed by atoms with Crippen LogP contribution in [0, 0.1) is 0 Å². The number of carbonyl (C=O) groups is 2. The summed E-state index contributed by atoms with van der Waals surface area (Å²) in [6, 6.07) is 9.70. The van der Waals surface area contributed by atoms with E-state index in [9.17, 15) is 9.59 Å². The molecule has 0 aliphatic carbocycles. The Morgan fingerprint density at radius 3 is 2.61 bits per heavy atom. The molecule has 2 saturated heterocycles. The van der Waals surface area contributed by atoms with Gasteiger partial charge in [0, 0.05) is 32.8 Å². The van der Waals surface area contributed by atoms with Gasteiger partial charge in [-0.25, -0.2) is 4.79 Å². The Bertz CT molecular complexity index is 634. The quantitative estimate of drug-likeness (QED) is 0.770. The third-order valence-electron chi connectivity index (χ3n) is 5.18. The van der Waals surface area contributed by atoms with E-state index in [1.54, 1.807) is 4.90 Å². The maximum absolute atomic E-state index is 13.0. The Kier molecular flexibility index (Phi) is 7.68. The summed E-state index contributed by atoms with van der Waals surface area (Å²) < 4.78 is 11.6. The Labute approximate surface area is 167 Å². The SMILES string of the molecule is CCNC(=O)N1CCOC(CN(CC2CCCO2)C(=O)Cc2ccccc2)C1. The number of hydrogen-bond acceptors (Lipinski definition) is 4. The Morgan fingerprint density at radius 1 is 1.14 bits per heavy atom. The molecule has 0 spiro atoms. The minimum atomic E-state index is -0.183. The van der Waals surface area contributed by atoms with E-state index in [1.807, 2.05) is 42.2 Å². The van der Waals surface area contributed by atoms with Crippen molar-refractivity contribution < 1.29 is 19.1 Å². The lowest BCUT2D eigenvalue weighted by Gasteiger charge is -2.36. The molecule has 2 atom stereocenters. The second-order valence-corrected chi connectivity index (χ2v) is 7.37. The molecule has 1 N–H and O–H groups in total. The normalized spacial score (nSPS) is 22.1. The van der Waals surface area contributed by atoms with Gasteiger partial charge in [-0.2, -0.15) is 0 Å². The van der Waals surface area contributed by atoms with Crippen LogP contribution in [-0.2, 0) is 20.7 Å². The van der Waals surface area contributed by atoms with Gasteiger partial charge in [-0.05, 0) is 25.3 Å². The maximum atomic E-state index is 13.0. The molecule has 1 aromatic rings. The van der Waals surface area contributed by atoms with E-state index < -0.39 is 0 Å². The molecule has 7 nitrogen and oxygen atoms in total. The Morgan fingerprint density at radius 2 is 1.89 bits per heavy atom. The predicted molar refractivity (Wildman–Crippen MR) is 106 cm³/mol. The summed E-state index contributed by atoms with van der Waals surface area (Å²) in [5.74, 6) is 0.0698. The van der Waals surface area contributed by atoms with Crippen LogP contribution in [0.3, 0.4) is 0 Å². The molecule has 0 radical (unpaired) electrons. The van der Waals surface area contributed by atoms with Gasteiger partial charge in [0.2, 0.25) is 5.91 Å². The van der Waals surface area contributed by atoms with Crippen molar-refractivity contribution in [2.24, 2.45) is 0 Å². The van der Waals surface area contributed by atoms with Crippen LogP contribution in [0.15, 0.2) is 30.3 Å². The highest BCUT2D eigenvalue weighted by Crippen LogP contribution is 2.16. The van der Waals surface area contributed by atoms with Gasteiger partial charge in [-0.3, -0.25) is 4.79 Å². The topological polar surface area (TPSA) is 71.1 Å². The number of rotatable bonds is 7. The number of ether oxygens (including phenoxy) is 2. The highest BCUT2D eigenvalue weighted by atomic mass is 16.5. The molecule has 0 bridgehead atoms. The van der Waals surface area contributed by atoms with Crippen molar-refractivity contribution in [3.8, 4) is 0 Å². The summed E-state index contributed by atoms with van der Waals surface area (Å²) >= 11 is 0. The summed E-state index contributed by atoms with van der Waals surface area (Å²) in [7, 11) is 0. The van der Waals surface area contributed by atoms with Crippen molar-refractivity contribution in [2.75, 3.05) is 45.9 Å². The average Bonchev–Trinajstić information content (AvgIpc) is 3.22. The van der Waals surface area contributed by atoms with E-state index >= 15 is 0 Å². The van der Waals surface area contributed by atoms with Crippen molar-refractivity contribution in [1.82, 2.24) is 15.1 Å². The Hall–Kier alpha value is -2.12. The predicted octanol–water partition coefficient (Wildman–Crippen LogP) is 1.67. The molecule has 2 heterocycles. The van der Waals surface area contributed by atoms with Gasteiger partial charge in [0.15, 0.2) is 0 Å². The van der Waals surface area contributed by atoms with Crippen molar-refractivity contribution >= 4 is 11.9 Å². The molecule has 1 aromatic carbocycles. The molecule has 2 aliphatic heterocycles. The minimum Gasteiger partial charge on any atom is -0.376 e. The zero-order valence-corrected chi connectivity index (χ0v) is 16.6. The molecular formula is C21H31N3O4. The van der Waals surface area contributed by atoms with Crippen molar-refractivity contribution in [2.45, 2.75) is 38.4 Å². The van der Waals surface area contributed by atoms with Crippen molar-refractivity contribution in [3.05, 3.63) is 35.9 Å². The zero-order chi connectivity index (χ0) is 19.8. The maximum Gasteiger partial charge on any atom is 0.317 e. The molecule has 3 rings (SSSR count). The minimum absolute atomic E-state index is 0.0698. The first-order chi connectivity index (χ1) is 13.7. The number of urea groups is 1. The van der Waals surface area contributed by atoms with Gasteiger partial charge in [-0.15, -0.1) is 0 Å². The van der Waals surface area contributed by atoms with Gasteiger partial charge in [0.25, 0.3) is 0 Å². The first-order valence-corrected chi connectivity index (χ1v) is 10.2. The third kappa shape index (κ3) is 5.94. The second-order valence-electron chi connectivity index (χ2n) is 7.37. The third-order valence-corrected chi connectivity index (χ3v) is 5.18. The van der Waals surface area contributed by atoms with Gasteiger partial charge >= 0.3 is 6.03 Å².